The van der Waals surface area contributed by atoms with Gasteiger partial charge in [0.05, 0.1) is 17.7 Å². The van der Waals surface area contributed by atoms with Crippen LogP contribution < -0.4 is 14.8 Å². The third-order valence-electron chi connectivity index (χ3n) is 3.98. The van der Waals surface area contributed by atoms with Crippen molar-refractivity contribution in [1.29, 1.82) is 0 Å². The maximum atomic E-state index is 12.9. The highest BCUT2D eigenvalue weighted by molar-refractivity contribution is 7.92. The molecule has 3 rings (SSSR count). The second kappa shape index (κ2) is 8.10. The number of carbonyl (C=O) groups is 1. The maximum Gasteiger partial charge on any atom is 0.274 e. The lowest BCUT2D eigenvalue weighted by Gasteiger charge is -2.14. The molecule has 0 saturated carbocycles. The molecule has 0 atom stereocenters. The topological polar surface area (TPSA) is 97.4 Å². The van der Waals surface area contributed by atoms with Crippen LogP contribution in [0.1, 0.15) is 16.1 Å². The third-order valence-corrected chi connectivity index (χ3v) is 5.49. The Morgan fingerprint density at radius 3 is 2.50 bits per heavy atom. The number of nitrogens with one attached hydrogen (secondary N) is 2. The minimum atomic E-state index is -3.90. The van der Waals surface area contributed by atoms with E-state index in [4.69, 9.17) is 4.74 Å². The molecule has 8 heteroatoms. The molecule has 1 heterocycles. The standard InChI is InChI=1S/C20H19N3O4S/c1-14-10-11-15(22-20(24)17-8-5-6-12-21-17)13-19(14)28(25,26)23-16-7-3-4-9-18(16)27-2/h3-13,23H,1-2H3,(H,22,24). The molecule has 0 aliphatic carbocycles. The zero-order chi connectivity index (χ0) is 20.1. The van der Waals surface area contributed by atoms with Crippen LogP contribution in [0.2, 0.25) is 0 Å². The van der Waals surface area contributed by atoms with Crippen molar-refractivity contribution in [2.24, 2.45) is 0 Å². The van der Waals surface area contributed by atoms with Gasteiger partial charge in [-0.3, -0.25) is 14.5 Å². The van der Waals surface area contributed by atoms with Gasteiger partial charge in [0, 0.05) is 11.9 Å². The zero-order valence-corrected chi connectivity index (χ0v) is 16.2. The van der Waals surface area contributed by atoms with Crippen molar-refractivity contribution in [3.05, 3.63) is 78.1 Å². The van der Waals surface area contributed by atoms with Crippen molar-refractivity contribution in [1.82, 2.24) is 4.98 Å². The van der Waals surface area contributed by atoms with Crippen LogP contribution in [0, 0.1) is 6.92 Å². The number of rotatable bonds is 6. The van der Waals surface area contributed by atoms with E-state index in [9.17, 15) is 13.2 Å². The highest BCUT2D eigenvalue weighted by Gasteiger charge is 2.20. The molecule has 1 amide bonds. The van der Waals surface area contributed by atoms with Crippen LogP contribution in [0.3, 0.4) is 0 Å². The van der Waals surface area contributed by atoms with Crippen LogP contribution in [0.25, 0.3) is 0 Å². The molecule has 0 aliphatic rings. The monoisotopic (exact) mass is 397 g/mol. The molecular weight excluding hydrogens is 378 g/mol. The average Bonchev–Trinajstić information content (AvgIpc) is 2.70. The van der Waals surface area contributed by atoms with Crippen LogP contribution in [0.15, 0.2) is 71.8 Å². The minimum absolute atomic E-state index is 0.0530. The second-order valence-electron chi connectivity index (χ2n) is 5.96. The Morgan fingerprint density at radius 1 is 1.04 bits per heavy atom. The number of para-hydroxylation sites is 2. The normalized spacial score (nSPS) is 10.9. The van der Waals surface area contributed by atoms with E-state index in [2.05, 4.69) is 15.0 Å². The lowest BCUT2D eigenvalue weighted by Crippen LogP contribution is -2.17. The number of amides is 1. The van der Waals surface area contributed by atoms with E-state index in [-0.39, 0.29) is 10.6 Å². The van der Waals surface area contributed by atoms with Gasteiger partial charge >= 0.3 is 0 Å². The Bertz CT molecular complexity index is 1100. The van der Waals surface area contributed by atoms with Gasteiger partial charge in [-0.2, -0.15) is 0 Å². The first-order valence-corrected chi connectivity index (χ1v) is 9.88. The van der Waals surface area contributed by atoms with Gasteiger partial charge in [-0.15, -0.1) is 0 Å². The SMILES string of the molecule is COc1ccccc1NS(=O)(=O)c1cc(NC(=O)c2ccccn2)ccc1C. The van der Waals surface area contributed by atoms with Gasteiger partial charge < -0.3 is 10.1 Å². The Morgan fingerprint density at radius 2 is 1.79 bits per heavy atom. The summed E-state index contributed by atoms with van der Waals surface area (Å²) in [5.74, 6) is -0.0196. The fourth-order valence-corrected chi connectivity index (χ4v) is 3.93. The fourth-order valence-electron chi connectivity index (χ4n) is 2.59. The molecule has 0 bridgehead atoms. The summed E-state index contributed by atoms with van der Waals surface area (Å²) in [6, 6.07) is 16.4. The first-order chi connectivity index (χ1) is 13.4. The molecular formula is C20H19N3O4S. The number of nitrogens with zero attached hydrogens (tertiary/aromatic N) is 1. The van der Waals surface area contributed by atoms with Gasteiger partial charge in [-0.05, 0) is 48.9 Å². The van der Waals surface area contributed by atoms with Crippen molar-refractivity contribution in [2.45, 2.75) is 11.8 Å². The number of pyridine rings is 1. The lowest BCUT2D eigenvalue weighted by molar-refractivity contribution is 0.102. The average molecular weight is 397 g/mol. The highest BCUT2D eigenvalue weighted by atomic mass is 32.2. The van der Waals surface area contributed by atoms with Crippen LogP contribution >= 0.6 is 0 Å². The van der Waals surface area contributed by atoms with E-state index in [1.807, 2.05) is 0 Å². The smallest absolute Gasteiger partial charge is 0.274 e. The second-order valence-corrected chi connectivity index (χ2v) is 7.61. The molecule has 0 unspecified atom stereocenters. The number of benzene rings is 2. The number of carbonyl (C=O) groups excluding carboxylic acids is 1. The first kappa shape index (κ1) is 19.4. The van der Waals surface area contributed by atoms with Crippen molar-refractivity contribution in [3.8, 4) is 5.75 Å². The van der Waals surface area contributed by atoms with Gasteiger partial charge in [-0.25, -0.2) is 8.42 Å². The van der Waals surface area contributed by atoms with E-state index < -0.39 is 15.9 Å². The minimum Gasteiger partial charge on any atom is -0.495 e. The van der Waals surface area contributed by atoms with Crippen LogP contribution in [0.4, 0.5) is 11.4 Å². The van der Waals surface area contributed by atoms with Crippen LogP contribution in [-0.2, 0) is 10.0 Å². The predicted molar refractivity (Wildman–Crippen MR) is 107 cm³/mol. The maximum absolute atomic E-state index is 12.9. The first-order valence-electron chi connectivity index (χ1n) is 8.39. The summed E-state index contributed by atoms with van der Waals surface area (Å²) in [7, 11) is -2.43. The van der Waals surface area contributed by atoms with Gasteiger partial charge in [0.2, 0.25) is 0 Å². The van der Waals surface area contributed by atoms with Crippen molar-refractivity contribution in [2.75, 3.05) is 17.1 Å². The van der Waals surface area contributed by atoms with E-state index in [0.29, 0.717) is 22.7 Å². The van der Waals surface area contributed by atoms with E-state index >= 15 is 0 Å². The van der Waals surface area contributed by atoms with Gasteiger partial charge in [0.25, 0.3) is 15.9 Å². The molecule has 144 valence electrons. The molecule has 0 fully saturated rings. The zero-order valence-electron chi connectivity index (χ0n) is 15.3. The Balaban J connectivity index is 1.89. The van der Waals surface area contributed by atoms with Gasteiger partial charge in [0.1, 0.15) is 11.4 Å². The summed E-state index contributed by atoms with van der Waals surface area (Å²) in [4.78, 5) is 16.3. The molecule has 28 heavy (non-hydrogen) atoms. The number of sulfonamides is 1. The number of aromatic nitrogens is 1. The van der Waals surface area contributed by atoms with Crippen molar-refractivity contribution in [3.63, 3.8) is 0 Å². The molecule has 0 saturated heterocycles. The number of methoxy groups -OCH3 is 1. The summed E-state index contributed by atoms with van der Waals surface area (Å²) in [5, 5.41) is 2.67. The van der Waals surface area contributed by atoms with E-state index in [0.717, 1.165) is 0 Å². The number of hydrogen-bond donors (Lipinski definition) is 2. The largest absolute Gasteiger partial charge is 0.495 e. The molecule has 0 aliphatic heterocycles. The number of hydrogen-bond acceptors (Lipinski definition) is 5. The molecule has 7 nitrogen and oxygen atoms in total. The van der Waals surface area contributed by atoms with E-state index in [1.54, 1.807) is 61.5 Å². The fraction of sp³-hybridized carbons (Fsp3) is 0.100. The Kier molecular flexibility index (Phi) is 5.60. The van der Waals surface area contributed by atoms with Gasteiger partial charge in [-0.1, -0.05) is 24.3 Å². The summed E-state index contributed by atoms with van der Waals surface area (Å²) in [6.07, 6.45) is 1.51. The molecule has 2 N–H and O–H groups in total. The predicted octanol–water partition coefficient (Wildman–Crippen LogP) is 3.45. The molecule has 0 spiro atoms. The summed E-state index contributed by atoms with van der Waals surface area (Å²) in [6.45, 7) is 1.68. The highest BCUT2D eigenvalue weighted by Crippen LogP contribution is 2.28. The van der Waals surface area contributed by atoms with Crippen LogP contribution in [-0.4, -0.2) is 26.4 Å². The molecule has 0 radical (unpaired) electrons. The third kappa shape index (κ3) is 4.29. The van der Waals surface area contributed by atoms with Gasteiger partial charge in [0.15, 0.2) is 0 Å². The van der Waals surface area contributed by atoms with E-state index in [1.165, 1.54) is 19.4 Å². The number of ether oxygens (including phenoxy) is 1. The molecule has 3 aromatic rings. The quantitative estimate of drug-likeness (QED) is 0.664. The lowest BCUT2D eigenvalue weighted by atomic mass is 10.2. The van der Waals surface area contributed by atoms with Crippen molar-refractivity contribution < 1.29 is 17.9 Å². The number of aryl methyl sites for hydroxylation is 1. The molecule has 1 aromatic heterocycles. The summed E-state index contributed by atoms with van der Waals surface area (Å²) >= 11 is 0. The molecule has 2 aromatic carbocycles. The number of anilines is 2. The van der Waals surface area contributed by atoms with Crippen LogP contribution in [0.5, 0.6) is 5.75 Å². The summed E-state index contributed by atoms with van der Waals surface area (Å²) in [5.41, 5.74) is 1.45. The summed E-state index contributed by atoms with van der Waals surface area (Å²) < 4.78 is 33.5. The Hall–Kier alpha value is -3.39. The Labute approximate surface area is 163 Å². The van der Waals surface area contributed by atoms with Crippen molar-refractivity contribution >= 4 is 27.3 Å².